The highest BCUT2D eigenvalue weighted by Gasteiger charge is 2.19. The smallest absolute Gasteiger partial charge is 0.306 e. The first kappa shape index (κ1) is 71.8. The summed E-state index contributed by atoms with van der Waals surface area (Å²) in [5, 5.41) is 0. The summed E-state index contributed by atoms with van der Waals surface area (Å²) in [5.74, 6) is -0.883. The lowest BCUT2D eigenvalue weighted by atomic mass is 10.0. The summed E-state index contributed by atoms with van der Waals surface area (Å²) in [7, 11) is 0. The topological polar surface area (TPSA) is 78.9 Å². The van der Waals surface area contributed by atoms with Gasteiger partial charge in [0.1, 0.15) is 13.2 Å². The highest BCUT2D eigenvalue weighted by molar-refractivity contribution is 5.71. The second-order valence-electron chi connectivity index (χ2n) is 21.6. The highest BCUT2D eigenvalue weighted by atomic mass is 16.6. The third kappa shape index (κ3) is 61.6. The quantitative estimate of drug-likeness (QED) is 0.0261. The van der Waals surface area contributed by atoms with Crippen molar-refractivity contribution in [3.8, 4) is 0 Å². The molecular weight excluding hydrogens is 925 g/mol. The van der Waals surface area contributed by atoms with Crippen molar-refractivity contribution >= 4 is 17.9 Å². The molecule has 0 aliphatic heterocycles. The maximum atomic E-state index is 12.9. The van der Waals surface area contributed by atoms with Crippen LogP contribution in [-0.2, 0) is 28.6 Å². The molecule has 6 heteroatoms. The van der Waals surface area contributed by atoms with Crippen molar-refractivity contribution in [3.63, 3.8) is 0 Å². The van der Waals surface area contributed by atoms with Crippen molar-refractivity contribution in [1.82, 2.24) is 0 Å². The minimum atomic E-state index is -0.780. The zero-order chi connectivity index (χ0) is 54.3. The number of allylic oxidation sites excluding steroid dienone is 12. The van der Waals surface area contributed by atoms with Gasteiger partial charge in [0.05, 0.1) is 0 Å². The van der Waals surface area contributed by atoms with Crippen molar-refractivity contribution < 1.29 is 28.6 Å². The Labute approximate surface area is 465 Å². The first-order chi connectivity index (χ1) is 37.0. The summed E-state index contributed by atoms with van der Waals surface area (Å²) in [4.78, 5) is 38.2. The van der Waals surface area contributed by atoms with E-state index in [1.807, 2.05) is 0 Å². The van der Waals surface area contributed by atoms with Gasteiger partial charge in [-0.1, -0.05) is 280 Å². The first-order valence-corrected chi connectivity index (χ1v) is 32.4. The van der Waals surface area contributed by atoms with Gasteiger partial charge in [-0.15, -0.1) is 0 Å². The van der Waals surface area contributed by atoms with Crippen LogP contribution in [0.4, 0.5) is 0 Å². The number of ether oxygens (including phenoxy) is 3. The van der Waals surface area contributed by atoms with E-state index >= 15 is 0 Å². The molecule has 0 aromatic rings. The van der Waals surface area contributed by atoms with Crippen molar-refractivity contribution in [1.29, 1.82) is 0 Å². The fraction of sp³-hybridized carbons (Fsp3) is 0.783. The van der Waals surface area contributed by atoms with E-state index in [1.54, 1.807) is 0 Å². The molecule has 1 atom stereocenters. The Hall–Kier alpha value is -3.15. The van der Waals surface area contributed by atoms with Crippen LogP contribution in [0.5, 0.6) is 0 Å². The number of rotatable bonds is 59. The summed E-state index contributed by atoms with van der Waals surface area (Å²) in [6.07, 6.45) is 82.2. The SMILES string of the molecule is CC/C=C\C/C=C\C/C=C\C/C=C\CCCCCCCCCCCCCCCCCCCCC(=O)OCC(COC(=O)CCCCCCC/C=C\CCC)OC(=O)CCCCCCC/C=C\CCCCCCCCC. The van der Waals surface area contributed by atoms with E-state index in [0.29, 0.717) is 19.3 Å². The maximum absolute atomic E-state index is 12.9. The van der Waals surface area contributed by atoms with Crippen LogP contribution >= 0.6 is 0 Å². The normalized spacial score (nSPS) is 12.5. The van der Waals surface area contributed by atoms with Crippen LogP contribution in [0.15, 0.2) is 72.9 Å². The molecule has 0 aliphatic carbocycles. The van der Waals surface area contributed by atoms with Gasteiger partial charge in [-0.3, -0.25) is 14.4 Å². The third-order valence-corrected chi connectivity index (χ3v) is 14.1. The van der Waals surface area contributed by atoms with Crippen LogP contribution in [0.3, 0.4) is 0 Å². The Morgan fingerprint density at radius 1 is 0.280 bits per heavy atom. The number of unbranched alkanes of at least 4 members (excludes halogenated alkanes) is 36. The molecule has 0 heterocycles. The van der Waals surface area contributed by atoms with Gasteiger partial charge in [0.25, 0.3) is 0 Å². The van der Waals surface area contributed by atoms with Gasteiger partial charge in [0.2, 0.25) is 0 Å². The molecule has 0 fully saturated rings. The van der Waals surface area contributed by atoms with Crippen molar-refractivity contribution in [2.45, 2.75) is 335 Å². The molecule has 0 rings (SSSR count). The Balaban J connectivity index is 4.11. The lowest BCUT2D eigenvalue weighted by molar-refractivity contribution is -0.167. The second-order valence-corrected chi connectivity index (χ2v) is 21.6. The van der Waals surface area contributed by atoms with Gasteiger partial charge < -0.3 is 14.2 Å². The Kier molecular flexibility index (Phi) is 60.7. The zero-order valence-electron chi connectivity index (χ0n) is 49.8. The van der Waals surface area contributed by atoms with E-state index in [0.717, 1.165) is 103 Å². The number of carbonyl (C=O) groups excluding carboxylic acids is 3. The molecule has 6 nitrogen and oxygen atoms in total. The van der Waals surface area contributed by atoms with Crippen LogP contribution in [0.1, 0.15) is 329 Å². The number of hydrogen-bond donors (Lipinski definition) is 0. The third-order valence-electron chi connectivity index (χ3n) is 14.1. The fourth-order valence-corrected chi connectivity index (χ4v) is 9.32. The van der Waals surface area contributed by atoms with Crippen LogP contribution < -0.4 is 0 Å². The zero-order valence-corrected chi connectivity index (χ0v) is 49.8. The lowest BCUT2D eigenvalue weighted by Crippen LogP contribution is -2.30. The van der Waals surface area contributed by atoms with E-state index < -0.39 is 6.10 Å². The Bertz CT molecular complexity index is 1390. The highest BCUT2D eigenvalue weighted by Crippen LogP contribution is 2.17. The van der Waals surface area contributed by atoms with Gasteiger partial charge in [0, 0.05) is 19.3 Å². The molecule has 0 bridgehead atoms. The predicted octanol–water partition coefficient (Wildman–Crippen LogP) is 22.1. The summed E-state index contributed by atoms with van der Waals surface area (Å²) in [6.45, 7) is 6.48. The number of hydrogen-bond acceptors (Lipinski definition) is 6. The second kappa shape index (κ2) is 63.4. The van der Waals surface area contributed by atoms with E-state index in [-0.39, 0.29) is 31.1 Å². The summed E-state index contributed by atoms with van der Waals surface area (Å²) in [6, 6.07) is 0. The van der Waals surface area contributed by atoms with Crippen molar-refractivity contribution in [2.24, 2.45) is 0 Å². The summed E-state index contributed by atoms with van der Waals surface area (Å²) < 4.78 is 16.9. The molecular formula is C69H122O6. The Morgan fingerprint density at radius 2 is 0.547 bits per heavy atom. The van der Waals surface area contributed by atoms with Crippen molar-refractivity contribution in [3.05, 3.63) is 72.9 Å². The summed E-state index contributed by atoms with van der Waals surface area (Å²) >= 11 is 0. The molecule has 0 amide bonds. The van der Waals surface area contributed by atoms with Gasteiger partial charge in [-0.25, -0.2) is 0 Å². The molecule has 1 unspecified atom stereocenters. The monoisotopic (exact) mass is 1050 g/mol. The molecule has 0 radical (unpaired) electrons. The number of carbonyl (C=O) groups is 3. The molecule has 0 aromatic heterocycles. The van der Waals surface area contributed by atoms with E-state index in [9.17, 15) is 14.4 Å². The minimum Gasteiger partial charge on any atom is -0.462 e. The summed E-state index contributed by atoms with van der Waals surface area (Å²) in [5.41, 5.74) is 0. The van der Waals surface area contributed by atoms with Gasteiger partial charge >= 0.3 is 17.9 Å². The molecule has 0 aromatic carbocycles. The van der Waals surface area contributed by atoms with Crippen LogP contribution in [0.25, 0.3) is 0 Å². The molecule has 0 N–H and O–H groups in total. The van der Waals surface area contributed by atoms with Crippen molar-refractivity contribution in [2.75, 3.05) is 13.2 Å². The predicted molar refractivity (Wildman–Crippen MR) is 325 cm³/mol. The van der Waals surface area contributed by atoms with Gasteiger partial charge in [0.15, 0.2) is 6.10 Å². The van der Waals surface area contributed by atoms with Gasteiger partial charge in [-0.2, -0.15) is 0 Å². The maximum Gasteiger partial charge on any atom is 0.306 e. The van der Waals surface area contributed by atoms with E-state index in [2.05, 4.69) is 93.7 Å². The van der Waals surface area contributed by atoms with E-state index in [1.165, 1.54) is 186 Å². The van der Waals surface area contributed by atoms with E-state index in [4.69, 9.17) is 14.2 Å². The largest absolute Gasteiger partial charge is 0.462 e. The molecule has 0 saturated carbocycles. The molecule has 434 valence electrons. The first-order valence-electron chi connectivity index (χ1n) is 32.4. The van der Waals surface area contributed by atoms with Gasteiger partial charge in [-0.05, 0) is 103 Å². The molecule has 75 heavy (non-hydrogen) atoms. The molecule has 0 spiro atoms. The van der Waals surface area contributed by atoms with Crippen LogP contribution in [0.2, 0.25) is 0 Å². The fourth-order valence-electron chi connectivity index (χ4n) is 9.32. The standard InChI is InChI=1S/C69H122O6/c1-4-7-10-13-16-19-22-24-26-28-29-30-31-32-33-34-35-36-37-38-39-40-41-42-44-45-47-50-53-56-59-62-68(71)74-65-66(64-73-67(70)61-58-55-52-49-21-18-15-12-9-6-3)75-69(72)63-60-57-54-51-48-46-43-27-25-23-20-17-14-11-8-5-2/h7,10,12,15-16,19,24,26-27,29-30,43,66H,4-6,8-9,11,13-14,17-18,20-23,25,28,31-42,44-65H2,1-3H3/b10-7-,15-12-,19-16-,26-24-,30-29-,43-27-. The number of esters is 3. The molecule has 0 aliphatic rings. The van der Waals surface area contributed by atoms with Crippen LogP contribution in [-0.4, -0.2) is 37.2 Å². The average molecular weight is 1050 g/mol. The van der Waals surface area contributed by atoms with Crippen LogP contribution in [0, 0.1) is 0 Å². The average Bonchev–Trinajstić information content (AvgIpc) is 3.41. The lowest BCUT2D eigenvalue weighted by Gasteiger charge is -2.18. The Morgan fingerprint density at radius 3 is 0.880 bits per heavy atom. The molecule has 0 saturated heterocycles. The minimum absolute atomic E-state index is 0.0777.